The highest BCUT2D eigenvalue weighted by atomic mass is 35.5. The molecule has 3 amide bonds. The van der Waals surface area contributed by atoms with Crippen molar-refractivity contribution in [2.45, 2.75) is 19.2 Å². The first kappa shape index (κ1) is 19.5. The lowest BCUT2D eigenvalue weighted by atomic mass is 10.1. The monoisotopic (exact) mass is 364 g/mol. The molecule has 1 aromatic rings. The molecule has 24 heavy (non-hydrogen) atoms. The molecule has 0 aliphatic rings. The van der Waals surface area contributed by atoms with E-state index in [9.17, 15) is 27.6 Å². The summed E-state index contributed by atoms with van der Waals surface area (Å²) < 4.78 is 42.8. The number of nitrogens with two attached hydrogens (primary N) is 1. The van der Waals surface area contributed by atoms with Crippen LogP contribution in [0, 0.1) is 0 Å². The van der Waals surface area contributed by atoms with E-state index in [2.05, 4.69) is 4.74 Å². The van der Waals surface area contributed by atoms with Gasteiger partial charge in [-0.05, 0) is 30.7 Å². The maximum atomic E-state index is 12.7. The van der Waals surface area contributed by atoms with Gasteiger partial charge in [-0.1, -0.05) is 17.7 Å². The van der Waals surface area contributed by atoms with Gasteiger partial charge in [-0.2, -0.15) is 13.2 Å². The quantitative estimate of drug-likeness (QED) is 0.633. The van der Waals surface area contributed by atoms with Gasteiger partial charge in [-0.15, -0.1) is 0 Å². The normalized spacial score (nSPS) is 12.7. The van der Waals surface area contributed by atoms with Gasteiger partial charge in [0.05, 0.1) is 10.6 Å². The predicted octanol–water partition coefficient (Wildman–Crippen LogP) is 2.50. The Kier molecular flexibility index (Phi) is 6.35. The van der Waals surface area contributed by atoms with E-state index in [1.807, 2.05) is 0 Å². The summed E-state index contributed by atoms with van der Waals surface area (Å²) in [7, 11) is 0. The van der Waals surface area contributed by atoms with E-state index in [0.29, 0.717) is 0 Å². The molecule has 0 aliphatic heterocycles. The van der Waals surface area contributed by atoms with Crippen LogP contribution >= 0.6 is 11.6 Å². The van der Waals surface area contributed by atoms with Crippen LogP contribution in [0.3, 0.4) is 0 Å². The molecular weight excluding hydrogens is 353 g/mol. The molecule has 0 radical (unpaired) electrons. The summed E-state index contributed by atoms with van der Waals surface area (Å²) in [6, 6.07) is 1.96. The van der Waals surface area contributed by atoms with Crippen molar-refractivity contribution in [1.82, 2.24) is 5.32 Å². The van der Waals surface area contributed by atoms with Crippen LogP contribution in [0.2, 0.25) is 5.02 Å². The maximum Gasteiger partial charge on any atom is 0.417 e. The Hall–Kier alpha value is -2.55. The fraction of sp³-hybridized carbons (Fsp3) is 0.214. The predicted molar refractivity (Wildman–Crippen MR) is 78.8 cm³/mol. The first-order valence-corrected chi connectivity index (χ1v) is 6.74. The van der Waals surface area contributed by atoms with Crippen molar-refractivity contribution >= 4 is 35.6 Å². The molecule has 3 N–H and O–H groups in total. The number of urea groups is 1. The van der Waals surface area contributed by atoms with Gasteiger partial charge < -0.3 is 10.5 Å². The summed E-state index contributed by atoms with van der Waals surface area (Å²) >= 11 is 5.47. The van der Waals surface area contributed by atoms with E-state index in [1.54, 1.807) is 5.32 Å². The van der Waals surface area contributed by atoms with E-state index in [1.165, 1.54) is 13.0 Å². The molecule has 0 spiro atoms. The first-order valence-electron chi connectivity index (χ1n) is 6.36. The van der Waals surface area contributed by atoms with Crippen molar-refractivity contribution in [1.29, 1.82) is 0 Å². The number of hydrogen-bond donors (Lipinski definition) is 2. The Bertz CT molecular complexity index is 689. The highest BCUT2D eigenvalue weighted by Crippen LogP contribution is 2.35. The minimum Gasteiger partial charge on any atom is -0.449 e. The average molecular weight is 365 g/mol. The standard InChI is InChI=1S/C14H12ClF3N2O4/c1-7(12(22)20-13(19)23)24-11(21)5-3-8-2-4-10(15)9(6-8)14(16,17)18/h2-7H,1H3,(H3,19,20,22,23)/b5-3+/t7-/m1/s1. The Morgan fingerprint density at radius 3 is 2.50 bits per heavy atom. The average Bonchev–Trinajstić information content (AvgIpc) is 2.44. The van der Waals surface area contributed by atoms with Gasteiger partial charge >= 0.3 is 18.2 Å². The number of esters is 1. The smallest absolute Gasteiger partial charge is 0.417 e. The van der Waals surface area contributed by atoms with E-state index in [-0.39, 0.29) is 5.56 Å². The second-order valence-electron chi connectivity index (χ2n) is 4.50. The molecule has 0 fully saturated rings. The molecule has 10 heteroatoms. The third kappa shape index (κ3) is 5.92. The third-order valence-corrected chi connectivity index (χ3v) is 2.95. The number of hydrogen-bond acceptors (Lipinski definition) is 4. The van der Waals surface area contributed by atoms with Crippen molar-refractivity contribution in [3.8, 4) is 0 Å². The van der Waals surface area contributed by atoms with Gasteiger partial charge in [0, 0.05) is 6.08 Å². The molecule has 1 atom stereocenters. The summed E-state index contributed by atoms with van der Waals surface area (Å²) in [5, 5.41) is 1.24. The molecule has 0 bridgehead atoms. The minimum atomic E-state index is -4.64. The fourth-order valence-electron chi connectivity index (χ4n) is 1.52. The molecule has 6 nitrogen and oxygen atoms in total. The second-order valence-corrected chi connectivity index (χ2v) is 4.91. The largest absolute Gasteiger partial charge is 0.449 e. The molecule has 0 unspecified atom stereocenters. The third-order valence-electron chi connectivity index (χ3n) is 2.62. The number of carbonyl (C=O) groups excluding carboxylic acids is 3. The number of alkyl halides is 3. The lowest BCUT2D eigenvalue weighted by molar-refractivity contribution is -0.149. The van der Waals surface area contributed by atoms with Crippen LogP contribution in [-0.4, -0.2) is 24.0 Å². The summed E-state index contributed by atoms with van der Waals surface area (Å²) in [6.07, 6.45) is -4.06. The van der Waals surface area contributed by atoms with Gasteiger partial charge in [-0.3, -0.25) is 10.1 Å². The van der Waals surface area contributed by atoms with Gasteiger partial charge in [0.1, 0.15) is 0 Å². The number of imide groups is 1. The molecule has 0 saturated heterocycles. The molecule has 0 aromatic heterocycles. The van der Waals surface area contributed by atoms with Crippen LogP contribution < -0.4 is 11.1 Å². The number of halogens is 4. The van der Waals surface area contributed by atoms with Crippen LogP contribution in [-0.2, 0) is 20.5 Å². The topological polar surface area (TPSA) is 98.5 Å². The Labute approximate surface area is 139 Å². The van der Waals surface area contributed by atoms with Crippen LogP contribution in [0.25, 0.3) is 6.08 Å². The van der Waals surface area contributed by atoms with Crippen LogP contribution in [0.15, 0.2) is 24.3 Å². The molecule has 130 valence electrons. The molecular formula is C14H12ClF3N2O4. The van der Waals surface area contributed by atoms with Crippen LogP contribution in [0.1, 0.15) is 18.1 Å². The Morgan fingerprint density at radius 2 is 1.96 bits per heavy atom. The summed E-state index contributed by atoms with van der Waals surface area (Å²) in [5.41, 5.74) is 3.74. The zero-order valence-corrected chi connectivity index (χ0v) is 12.9. The Morgan fingerprint density at radius 1 is 1.33 bits per heavy atom. The van der Waals surface area contributed by atoms with Gasteiger partial charge in [0.2, 0.25) is 0 Å². The van der Waals surface area contributed by atoms with Gasteiger partial charge in [0.25, 0.3) is 5.91 Å². The number of nitrogens with one attached hydrogen (secondary N) is 1. The molecule has 1 rings (SSSR count). The zero-order chi connectivity index (χ0) is 18.5. The van der Waals surface area contributed by atoms with E-state index in [4.69, 9.17) is 17.3 Å². The number of ether oxygens (including phenoxy) is 1. The zero-order valence-electron chi connectivity index (χ0n) is 12.2. The molecule has 0 saturated carbocycles. The molecule has 0 aliphatic carbocycles. The number of primary amides is 1. The van der Waals surface area contributed by atoms with Crippen LogP contribution in [0.4, 0.5) is 18.0 Å². The van der Waals surface area contributed by atoms with Crippen molar-refractivity contribution in [3.63, 3.8) is 0 Å². The highest BCUT2D eigenvalue weighted by Gasteiger charge is 2.33. The van der Waals surface area contributed by atoms with E-state index < -0.39 is 40.8 Å². The molecule has 0 heterocycles. The van der Waals surface area contributed by atoms with Crippen LogP contribution in [0.5, 0.6) is 0 Å². The lowest BCUT2D eigenvalue weighted by Crippen LogP contribution is -2.42. The highest BCUT2D eigenvalue weighted by molar-refractivity contribution is 6.31. The number of carbonyl (C=O) groups is 3. The summed E-state index contributed by atoms with van der Waals surface area (Å²) in [4.78, 5) is 33.3. The molecule has 1 aromatic carbocycles. The maximum absolute atomic E-state index is 12.7. The lowest BCUT2D eigenvalue weighted by Gasteiger charge is -2.10. The van der Waals surface area contributed by atoms with Crippen molar-refractivity contribution in [2.75, 3.05) is 0 Å². The first-order chi connectivity index (χ1) is 11.0. The van der Waals surface area contributed by atoms with E-state index >= 15 is 0 Å². The Balaban J connectivity index is 2.77. The number of amides is 3. The SMILES string of the molecule is C[C@@H](OC(=O)/C=C/c1ccc(Cl)c(C(F)(F)F)c1)C(=O)NC(N)=O. The second kappa shape index (κ2) is 7.82. The van der Waals surface area contributed by atoms with Gasteiger partial charge in [-0.25, -0.2) is 9.59 Å². The van der Waals surface area contributed by atoms with E-state index in [0.717, 1.165) is 24.3 Å². The summed E-state index contributed by atoms with van der Waals surface area (Å²) in [6.45, 7) is 1.19. The fourth-order valence-corrected chi connectivity index (χ4v) is 1.74. The van der Waals surface area contributed by atoms with Gasteiger partial charge in [0.15, 0.2) is 6.10 Å². The minimum absolute atomic E-state index is 0.0536. The van der Waals surface area contributed by atoms with Crippen molar-refractivity contribution in [2.24, 2.45) is 5.73 Å². The van der Waals surface area contributed by atoms with Crippen molar-refractivity contribution < 1.29 is 32.3 Å². The summed E-state index contributed by atoms with van der Waals surface area (Å²) in [5.74, 6) is -1.93. The number of benzene rings is 1. The van der Waals surface area contributed by atoms with Crippen molar-refractivity contribution in [3.05, 3.63) is 40.4 Å². The number of rotatable bonds is 4.